The van der Waals surface area contributed by atoms with E-state index in [2.05, 4.69) is 0 Å². The maximum Gasteiger partial charge on any atom is 0.415 e. The fourth-order valence-electron chi connectivity index (χ4n) is 2.99. The van der Waals surface area contributed by atoms with E-state index in [1.807, 2.05) is 20.8 Å². The number of benzene rings is 2. The molecule has 5 nitrogen and oxygen atoms in total. The summed E-state index contributed by atoms with van der Waals surface area (Å²) in [4.78, 5) is 26.2. The highest BCUT2D eigenvalue weighted by atomic mass is 35.5. The lowest BCUT2D eigenvalue weighted by Crippen LogP contribution is -2.33. The minimum Gasteiger partial charge on any atom is -0.422 e. The van der Waals surface area contributed by atoms with Gasteiger partial charge in [0.2, 0.25) is 0 Å². The van der Waals surface area contributed by atoms with Crippen LogP contribution in [0.1, 0.15) is 19.4 Å². The first-order valence-electron chi connectivity index (χ1n) is 8.74. The van der Waals surface area contributed by atoms with Gasteiger partial charge < -0.3 is 14.1 Å². The van der Waals surface area contributed by atoms with E-state index in [4.69, 9.17) is 20.8 Å². The summed E-state index contributed by atoms with van der Waals surface area (Å²) in [5.74, 6) is 0.401. The molecule has 0 aliphatic heterocycles. The molecule has 0 radical (unpaired) electrons. The molecule has 2 aromatic carbocycles. The molecule has 0 saturated heterocycles. The fraction of sp³-hybridized carbons (Fsp3) is 0.238. The fourth-order valence-corrected chi connectivity index (χ4v) is 3.12. The Kier molecular flexibility index (Phi) is 5.51. The maximum absolute atomic E-state index is 12.5. The highest BCUT2D eigenvalue weighted by Crippen LogP contribution is 2.30. The van der Waals surface area contributed by atoms with E-state index in [9.17, 15) is 9.59 Å². The maximum atomic E-state index is 12.5. The minimum absolute atomic E-state index is 0.401. The lowest BCUT2D eigenvalue weighted by molar-refractivity contribution is 0.157. The number of ether oxygens (including phenoxy) is 1. The number of amides is 1. The molecule has 0 bridgehead atoms. The molecule has 27 heavy (non-hydrogen) atoms. The quantitative estimate of drug-likeness (QED) is 0.574. The summed E-state index contributed by atoms with van der Waals surface area (Å²) in [6, 6.07) is 12.0. The number of carbonyl (C=O) groups excluding carboxylic acids is 1. The summed E-state index contributed by atoms with van der Waals surface area (Å²) in [5.41, 5.74) is 1.96. The van der Waals surface area contributed by atoms with Crippen LogP contribution in [0, 0.1) is 6.92 Å². The molecule has 3 rings (SSSR count). The normalized spacial score (nSPS) is 10.8. The lowest BCUT2D eigenvalue weighted by Gasteiger charge is -2.18. The molecule has 1 aromatic heterocycles. The zero-order chi connectivity index (χ0) is 19.6. The van der Waals surface area contributed by atoms with Gasteiger partial charge in [-0.05, 0) is 62.2 Å². The summed E-state index contributed by atoms with van der Waals surface area (Å²) in [6.07, 6.45) is -0.410. The van der Waals surface area contributed by atoms with Crippen molar-refractivity contribution in [2.24, 2.45) is 0 Å². The third-order valence-electron chi connectivity index (χ3n) is 4.50. The highest BCUT2D eigenvalue weighted by Gasteiger charge is 2.16. The topological polar surface area (TPSA) is 59.8 Å². The van der Waals surface area contributed by atoms with Gasteiger partial charge in [-0.25, -0.2) is 9.59 Å². The molecule has 0 aliphatic rings. The molecule has 1 heterocycles. The Hall–Kier alpha value is -2.79. The van der Waals surface area contributed by atoms with Crippen molar-refractivity contribution in [3.8, 4) is 16.9 Å². The molecule has 0 fully saturated rings. The van der Waals surface area contributed by atoms with Crippen molar-refractivity contribution in [1.82, 2.24) is 4.90 Å². The van der Waals surface area contributed by atoms with Crippen molar-refractivity contribution in [2.75, 3.05) is 13.1 Å². The van der Waals surface area contributed by atoms with E-state index in [-0.39, 0.29) is 0 Å². The predicted octanol–water partition coefficient (Wildman–Crippen LogP) is 5.26. The van der Waals surface area contributed by atoms with Gasteiger partial charge in [-0.3, -0.25) is 0 Å². The van der Waals surface area contributed by atoms with Gasteiger partial charge in [0.1, 0.15) is 11.3 Å². The van der Waals surface area contributed by atoms with Gasteiger partial charge in [0, 0.05) is 23.5 Å². The first-order valence-corrected chi connectivity index (χ1v) is 9.12. The molecule has 1 amide bonds. The lowest BCUT2D eigenvalue weighted by atomic mass is 9.99. The largest absolute Gasteiger partial charge is 0.422 e. The Morgan fingerprint density at radius 3 is 2.41 bits per heavy atom. The zero-order valence-electron chi connectivity index (χ0n) is 15.4. The Labute approximate surface area is 162 Å². The summed E-state index contributed by atoms with van der Waals surface area (Å²) in [6.45, 7) is 6.76. The van der Waals surface area contributed by atoms with Crippen LogP contribution in [0.2, 0.25) is 5.02 Å². The molecule has 0 saturated carbocycles. The second-order valence-electron chi connectivity index (χ2n) is 6.09. The Morgan fingerprint density at radius 2 is 1.78 bits per heavy atom. The van der Waals surface area contributed by atoms with Gasteiger partial charge in [-0.2, -0.15) is 0 Å². The van der Waals surface area contributed by atoms with Crippen molar-refractivity contribution in [3.63, 3.8) is 0 Å². The van der Waals surface area contributed by atoms with Gasteiger partial charge in [0.05, 0.1) is 5.56 Å². The van der Waals surface area contributed by atoms with Gasteiger partial charge in [-0.15, -0.1) is 0 Å². The van der Waals surface area contributed by atoms with Crippen LogP contribution in [0.5, 0.6) is 5.75 Å². The van der Waals surface area contributed by atoms with Gasteiger partial charge >= 0.3 is 11.7 Å². The number of aryl methyl sites for hydroxylation is 1. The molecule has 0 aliphatic carbocycles. The van der Waals surface area contributed by atoms with Crippen LogP contribution in [0.3, 0.4) is 0 Å². The average Bonchev–Trinajstić information content (AvgIpc) is 2.65. The van der Waals surface area contributed by atoms with Crippen LogP contribution < -0.4 is 10.4 Å². The molecule has 0 atom stereocenters. The standard InChI is InChI=1S/C21H20ClNO4/c1-4-23(5-2)21(25)26-16-10-11-18-17(12-16)13(3)19(20(24)27-18)14-6-8-15(22)9-7-14/h6-12H,4-5H2,1-3H3. The molecule has 6 heteroatoms. The Morgan fingerprint density at radius 1 is 1.11 bits per heavy atom. The summed E-state index contributed by atoms with van der Waals surface area (Å²) < 4.78 is 10.9. The Balaban J connectivity index is 2.06. The van der Waals surface area contributed by atoms with Crippen LogP contribution in [0.25, 0.3) is 22.1 Å². The van der Waals surface area contributed by atoms with E-state index >= 15 is 0 Å². The van der Waals surface area contributed by atoms with Crippen LogP contribution in [-0.4, -0.2) is 24.1 Å². The summed E-state index contributed by atoms with van der Waals surface area (Å²) >= 11 is 5.94. The summed E-state index contributed by atoms with van der Waals surface area (Å²) in [5, 5.41) is 1.30. The van der Waals surface area contributed by atoms with E-state index in [0.29, 0.717) is 40.4 Å². The number of hydrogen-bond acceptors (Lipinski definition) is 4. The monoisotopic (exact) mass is 385 g/mol. The van der Waals surface area contributed by atoms with E-state index in [1.54, 1.807) is 47.4 Å². The first-order chi connectivity index (χ1) is 12.9. The molecular weight excluding hydrogens is 366 g/mol. The molecular formula is C21H20ClNO4. The average molecular weight is 386 g/mol. The van der Waals surface area contributed by atoms with Crippen molar-refractivity contribution < 1.29 is 13.9 Å². The molecule has 0 unspecified atom stereocenters. The van der Waals surface area contributed by atoms with Crippen LogP contribution in [0.15, 0.2) is 51.7 Å². The second-order valence-corrected chi connectivity index (χ2v) is 6.53. The molecule has 3 aromatic rings. The number of halogens is 1. The number of hydrogen-bond donors (Lipinski definition) is 0. The zero-order valence-corrected chi connectivity index (χ0v) is 16.2. The highest BCUT2D eigenvalue weighted by molar-refractivity contribution is 6.30. The van der Waals surface area contributed by atoms with Crippen molar-refractivity contribution in [2.45, 2.75) is 20.8 Å². The van der Waals surface area contributed by atoms with Gasteiger partial charge in [0.25, 0.3) is 0 Å². The SMILES string of the molecule is CCN(CC)C(=O)Oc1ccc2oc(=O)c(-c3ccc(Cl)cc3)c(C)c2c1. The first kappa shape index (κ1) is 19.0. The number of rotatable bonds is 4. The molecule has 0 N–H and O–H groups in total. The minimum atomic E-state index is -0.421. The van der Waals surface area contributed by atoms with E-state index < -0.39 is 11.7 Å². The molecule has 0 spiro atoms. The smallest absolute Gasteiger partial charge is 0.415 e. The van der Waals surface area contributed by atoms with E-state index in [1.165, 1.54) is 0 Å². The predicted molar refractivity (Wildman–Crippen MR) is 107 cm³/mol. The number of carbonyl (C=O) groups is 1. The van der Waals surface area contributed by atoms with Gasteiger partial charge in [-0.1, -0.05) is 23.7 Å². The van der Waals surface area contributed by atoms with Crippen LogP contribution >= 0.6 is 11.6 Å². The summed E-state index contributed by atoms with van der Waals surface area (Å²) in [7, 11) is 0. The van der Waals surface area contributed by atoms with Gasteiger partial charge in [0.15, 0.2) is 0 Å². The number of fused-ring (bicyclic) bond motifs is 1. The van der Waals surface area contributed by atoms with Crippen molar-refractivity contribution >= 4 is 28.7 Å². The van der Waals surface area contributed by atoms with Crippen molar-refractivity contribution in [1.29, 1.82) is 0 Å². The second kappa shape index (κ2) is 7.84. The van der Waals surface area contributed by atoms with Crippen LogP contribution in [0.4, 0.5) is 4.79 Å². The Bertz CT molecular complexity index is 1040. The van der Waals surface area contributed by atoms with E-state index in [0.717, 1.165) is 11.1 Å². The molecule has 140 valence electrons. The number of nitrogens with zero attached hydrogens (tertiary/aromatic N) is 1. The van der Waals surface area contributed by atoms with Crippen LogP contribution in [-0.2, 0) is 0 Å². The third kappa shape index (κ3) is 3.83. The third-order valence-corrected chi connectivity index (χ3v) is 4.75. The van der Waals surface area contributed by atoms with Crippen molar-refractivity contribution in [3.05, 3.63) is 63.5 Å².